The molecule has 4 heterocycles. The highest BCUT2D eigenvalue weighted by Crippen LogP contribution is 2.34. The SMILES string of the molecule is NCc1ccc(-c2nc3ccn4c(CN5CCOCC5)nnc4c3cc2-c2ccccc2)cc1. The lowest BCUT2D eigenvalue weighted by Gasteiger charge is -2.25. The van der Waals surface area contributed by atoms with Crippen LogP contribution in [-0.4, -0.2) is 50.8 Å². The van der Waals surface area contributed by atoms with Crippen molar-refractivity contribution in [2.45, 2.75) is 13.1 Å². The predicted octanol–water partition coefficient (Wildman–Crippen LogP) is 3.90. The number of nitrogens with two attached hydrogens (primary N) is 1. The van der Waals surface area contributed by atoms with Gasteiger partial charge in [-0.1, -0.05) is 54.6 Å². The smallest absolute Gasteiger partial charge is 0.170 e. The van der Waals surface area contributed by atoms with Gasteiger partial charge < -0.3 is 10.5 Å². The molecule has 2 N–H and O–H groups in total. The molecule has 170 valence electrons. The molecule has 0 aliphatic carbocycles. The molecule has 6 rings (SSSR count). The lowest BCUT2D eigenvalue weighted by molar-refractivity contribution is 0.0329. The van der Waals surface area contributed by atoms with E-state index >= 15 is 0 Å². The van der Waals surface area contributed by atoms with Crippen molar-refractivity contribution in [3.8, 4) is 22.4 Å². The first kappa shape index (κ1) is 20.9. The van der Waals surface area contributed by atoms with Gasteiger partial charge in [0, 0.05) is 42.3 Å². The molecule has 0 radical (unpaired) electrons. The topological polar surface area (TPSA) is 81.6 Å². The van der Waals surface area contributed by atoms with E-state index in [0.29, 0.717) is 6.54 Å². The third kappa shape index (κ3) is 3.84. The Kier molecular flexibility index (Phi) is 5.50. The van der Waals surface area contributed by atoms with Crippen LogP contribution in [0.4, 0.5) is 0 Å². The summed E-state index contributed by atoms with van der Waals surface area (Å²) < 4.78 is 7.57. The molecule has 1 aliphatic heterocycles. The van der Waals surface area contributed by atoms with Crippen LogP contribution in [0.2, 0.25) is 0 Å². The fourth-order valence-corrected chi connectivity index (χ4v) is 4.57. The minimum atomic E-state index is 0.522. The summed E-state index contributed by atoms with van der Waals surface area (Å²) in [5.74, 6) is 0.932. The van der Waals surface area contributed by atoms with Crippen LogP contribution in [0.3, 0.4) is 0 Å². The van der Waals surface area contributed by atoms with Gasteiger partial charge in [0.05, 0.1) is 31.0 Å². The third-order valence-electron chi connectivity index (χ3n) is 6.46. The van der Waals surface area contributed by atoms with E-state index < -0.39 is 0 Å². The molecular formula is C27H26N6O. The van der Waals surface area contributed by atoms with E-state index in [9.17, 15) is 0 Å². The summed E-state index contributed by atoms with van der Waals surface area (Å²) in [7, 11) is 0. The summed E-state index contributed by atoms with van der Waals surface area (Å²) in [6.07, 6.45) is 2.03. The fraction of sp³-hybridized carbons (Fsp3) is 0.222. The van der Waals surface area contributed by atoms with Crippen LogP contribution in [0.25, 0.3) is 38.9 Å². The number of fused-ring (bicyclic) bond motifs is 3. The van der Waals surface area contributed by atoms with Crippen molar-refractivity contribution >= 4 is 16.6 Å². The maximum atomic E-state index is 5.81. The van der Waals surface area contributed by atoms with Gasteiger partial charge in [0.2, 0.25) is 0 Å². The van der Waals surface area contributed by atoms with Crippen LogP contribution in [0.1, 0.15) is 11.4 Å². The van der Waals surface area contributed by atoms with Crippen LogP contribution < -0.4 is 5.73 Å². The Balaban J connectivity index is 1.50. The van der Waals surface area contributed by atoms with E-state index in [4.69, 9.17) is 15.5 Å². The molecule has 7 heteroatoms. The lowest BCUT2D eigenvalue weighted by atomic mass is 9.97. The molecule has 0 atom stereocenters. The highest BCUT2D eigenvalue weighted by atomic mass is 16.5. The van der Waals surface area contributed by atoms with Crippen molar-refractivity contribution in [1.82, 2.24) is 24.5 Å². The van der Waals surface area contributed by atoms with E-state index in [2.05, 4.69) is 80.2 Å². The van der Waals surface area contributed by atoms with Crippen molar-refractivity contribution in [1.29, 1.82) is 0 Å². The molecular weight excluding hydrogens is 424 g/mol. The standard InChI is InChI=1S/C27H26N6O/c28-17-19-6-8-21(9-7-19)26-22(20-4-2-1-3-5-20)16-23-24(29-26)10-11-33-25(30-31-27(23)33)18-32-12-14-34-15-13-32/h1-11,16H,12-15,17-18,28H2. The quantitative estimate of drug-likeness (QED) is 0.437. The van der Waals surface area contributed by atoms with Crippen molar-refractivity contribution in [3.63, 3.8) is 0 Å². The van der Waals surface area contributed by atoms with Crippen molar-refractivity contribution in [2.24, 2.45) is 5.73 Å². The number of morpholine rings is 1. The first-order valence-corrected chi connectivity index (χ1v) is 11.6. The number of rotatable bonds is 5. The molecule has 1 fully saturated rings. The van der Waals surface area contributed by atoms with Gasteiger partial charge in [-0.3, -0.25) is 9.30 Å². The molecule has 1 aliphatic rings. The Bertz CT molecular complexity index is 1440. The Morgan fingerprint density at radius 1 is 0.882 bits per heavy atom. The van der Waals surface area contributed by atoms with Crippen LogP contribution >= 0.6 is 0 Å². The Morgan fingerprint density at radius 2 is 1.68 bits per heavy atom. The van der Waals surface area contributed by atoms with Crippen molar-refractivity contribution < 1.29 is 4.74 Å². The van der Waals surface area contributed by atoms with Gasteiger partial charge in [-0.05, 0) is 23.3 Å². The highest BCUT2D eigenvalue weighted by Gasteiger charge is 2.18. The lowest BCUT2D eigenvalue weighted by Crippen LogP contribution is -2.36. The second-order valence-corrected chi connectivity index (χ2v) is 8.60. The van der Waals surface area contributed by atoms with Gasteiger partial charge >= 0.3 is 0 Å². The maximum absolute atomic E-state index is 5.81. The van der Waals surface area contributed by atoms with Crippen LogP contribution in [0.15, 0.2) is 72.9 Å². The summed E-state index contributed by atoms with van der Waals surface area (Å²) >= 11 is 0. The maximum Gasteiger partial charge on any atom is 0.170 e. The fourth-order valence-electron chi connectivity index (χ4n) is 4.57. The normalized spacial score (nSPS) is 14.7. The van der Waals surface area contributed by atoms with Gasteiger partial charge in [0.25, 0.3) is 0 Å². The van der Waals surface area contributed by atoms with Gasteiger partial charge in [0.1, 0.15) is 0 Å². The molecule has 5 aromatic rings. The molecule has 34 heavy (non-hydrogen) atoms. The summed E-state index contributed by atoms with van der Waals surface area (Å²) in [6, 6.07) is 23.0. The predicted molar refractivity (Wildman–Crippen MR) is 133 cm³/mol. The number of nitrogens with zero attached hydrogens (tertiary/aromatic N) is 5. The molecule has 0 unspecified atom stereocenters. The number of pyridine rings is 2. The van der Waals surface area contributed by atoms with E-state index in [1.54, 1.807) is 0 Å². The van der Waals surface area contributed by atoms with E-state index in [-0.39, 0.29) is 0 Å². The van der Waals surface area contributed by atoms with Crippen LogP contribution in [0.5, 0.6) is 0 Å². The van der Waals surface area contributed by atoms with Gasteiger partial charge in [0.15, 0.2) is 11.5 Å². The summed E-state index contributed by atoms with van der Waals surface area (Å²) in [5, 5.41) is 10.1. The van der Waals surface area contributed by atoms with Crippen LogP contribution in [0, 0.1) is 0 Å². The molecule has 0 bridgehead atoms. The summed E-state index contributed by atoms with van der Waals surface area (Å²) in [4.78, 5) is 7.47. The molecule has 0 spiro atoms. The van der Waals surface area contributed by atoms with Gasteiger partial charge in [-0.25, -0.2) is 4.98 Å². The number of aromatic nitrogens is 4. The minimum absolute atomic E-state index is 0.522. The number of ether oxygens (including phenoxy) is 1. The Labute approximate surface area is 197 Å². The second-order valence-electron chi connectivity index (χ2n) is 8.60. The molecule has 3 aromatic heterocycles. The van der Waals surface area contributed by atoms with Crippen LogP contribution in [-0.2, 0) is 17.8 Å². The molecule has 2 aromatic carbocycles. The summed E-state index contributed by atoms with van der Waals surface area (Å²) in [5.41, 5.74) is 12.8. The first-order chi connectivity index (χ1) is 16.8. The summed E-state index contributed by atoms with van der Waals surface area (Å²) in [6.45, 7) is 4.62. The Morgan fingerprint density at radius 3 is 2.44 bits per heavy atom. The first-order valence-electron chi connectivity index (χ1n) is 11.6. The number of benzene rings is 2. The zero-order valence-corrected chi connectivity index (χ0v) is 18.9. The second kappa shape index (κ2) is 8.95. The number of hydrogen-bond acceptors (Lipinski definition) is 6. The molecule has 1 saturated heterocycles. The zero-order valence-electron chi connectivity index (χ0n) is 18.9. The van der Waals surface area contributed by atoms with E-state index in [0.717, 1.165) is 83.2 Å². The monoisotopic (exact) mass is 450 g/mol. The van der Waals surface area contributed by atoms with E-state index in [1.165, 1.54) is 0 Å². The van der Waals surface area contributed by atoms with Gasteiger partial charge in [-0.2, -0.15) is 0 Å². The largest absolute Gasteiger partial charge is 0.379 e. The third-order valence-corrected chi connectivity index (χ3v) is 6.46. The molecule has 0 amide bonds. The number of hydrogen-bond donors (Lipinski definition) is 1. The zero-order chi connectivity index (χ0) is 22.9. The molecule has 7 nitrogen and oxygen atoms in total. The minimum Gasteiger partial charge on any atom is -0.379 e. The highest BCUT2D eigenvalue weighted by molar-refractivity contribution is 5.98. The van der Waals surface area contributed by atoms with E-state index in [1.807, 2.05) is 12.3 Å². The van der Waals surface area contributed by atoms with Crippen molar-refractivity contribution in [3.05, 3.63) is 84.3 Å². The average molecular weight is 451 g/mol. The van der Waals surface area contributed by atoms with Crippen molar-refractivity contribution in [2.75, 3.05) is 26.3 Å². The average Bonchev–Trinajstić information content (AvgIpc) is 3.32. The molecule has 0 saturated carbocycles. The van der Waals surface area contributed by atoms with Gasteiger partial charge in [-0.15, -0.1) is 10.2 Å². The Hall–Kier alpha value is -3.65.